The lowest BCUT2D eigenvalue weighted by Gasteiger charge is -2.28. The van der Waals surface area contributed by atoms with Crippen molar-refractivity contribution in [3.63, 3.8) is 0 Å². The van der Waals surface area contributed by atoms with Gasteiger partial charge in [-0.25, -0.2) is 9.07 Å². The van der Waals surface area contributed by atoms with Crippen LogP contribution in [0.2, 0.25) is 0 Å². The molecule has 0 bridgehead atoms. The molecule has 2 aromatic rings. The van der Waals surface area contributed by atoms with E-state index in [1.54, 1.807) is 22.9 Å². The van der Waals surface area contributed by atoms with Crippen LogP contribution in [0.1, 0.15) is 47.9 Å². The number of fused-ring (bicyclic) bond motifs is 1. The maximum absolute atomic E-state index is 14.2. The number of carbonyl (C=O) groups is 1. The molecule has 2 atom stereocenters. The van der Waals surface area contributed by atoms with Crippen LogP contribution in [0, 0.1) is 5.82 Å². The van der Waals surface area contributed by atoms with Crippen LogP contribution in [0.25, 0.3) is 5.69 Å². The number of rotatable bonds is 3. The summed E-state index contributed by atoms with van der Waals surface area (Å²) >= 11 is 0. The van der Waals surface area contributed by atoms with E-state index >= 15 is 0 Å². The molecule has 1 aromatic carbocycles. The SMILES string of the molecule is CC1CC(NC(=O)c2nn(-c3ccccc3F)c3c2CCC3)CCN1.Cl. The van der Waals surface area contributed by atoms with Gasteiger partial charge >= 0.3 is 0 Å². The standard InChI is InChI=1S/C19H23FN4O.ClH/c1-12-11-13(9-10-21-12)22-19(25)18-14-5-4-8-16(14)24(23-18)17-7-3-2-6-15(17)20;/h2-3,6-7,12-13,21H,4-5,8-11H2,1H3,(H,22,25);1H. The molecule has 140 valence electrons. The molecule has 26 heavy (non-hydrogen) atoms. The van der Waals surface area contributed by atoms with Gasteiger partial charge < -0.3 is 10.6 Å². The largest absolute Gasteiger partial charge is 0.348 e. The number of aromatic nitrogens is 2. The zero-order valence-electron chi connectivity index (χ0n) is 14.8. The highest BCUT2D eigenvalue weighted by molar-refractivity contribution is 5.94. The Morgan fingerprint density at radius 3 is 2.92 bits per heavy atom. The lowest BCUT2D eigenvalue weighted by atomic mass is 10.0. The number of para-hydroxylation sites is 1. The second-order valence-electron chi connectivity index (χ2n) is 7.04. The van der Waals surface area contributed by atoms with E-state index in [0.717, 1.165) is 49.9 Å². The van der Waals surface area contributed by atoms with Gasteiger partial charge in [0.1, 0.15) is 11.5 Å². The Bertz CT molecular complexity index is 807. The second kappa shape index (κ2) is 7.76. The van der Waals surface area contributed by atoms with Crippen molar-refractivity contribution in [3.8, 4) is 5.69 Å². The Hall–Kier alpha value is -1.92. The molecular weight excluding hydrogens is 355 g/mol. The number of piperidine rings is 1. The summed E-state index contributed by atoms with van der Waals surface area (Å²) < 4.78 is 15.8. The fraction of sp³-hybridized carbons (Fsp3) is 0.474. The molecule has 7 heteroatoms. The molecule has 0 spiro atoms. The molecule has 0 radical (unpaired) electrons. The predicted molar refractivity (Wildman–Crippen MR) is 101 cm³/mol. The van der Waals surface area contributed by atoms with Gasteiger partial charge in [0.2, 0.25) is 0 Å². The first kappa shape index (κ1) is 18.9. The van der Waals surface area contributed by atoms with E-state index in [1.807, 2.05) is 0 Å². The van der Waals surface area contributed by atoms with Gasteiger partial charge in [0, 0.05) is 23.3 Å². The minimum atomic E-state index is -0.321. The van der Waals surface area contributed by atoms with Crippen LogP contribution < -0.4 is 10.6 Å². The highest BCUT2D eigenvalue weighted by atomic mass is 35.5. The van der Waals surface area contributed by atoms with Crippen LogP contribution in [-0.2, 0) is 12.8 Å². The number of hydrogen-bond acceptors (Lipinski definition) is 3. The molecule has 1 saturated heterocycles. The van der Waals surface area contributed by atoms with Crippen LogP contribution in [0.5, 0.6) is 0 Å². The summed E-state index contributed by atoms with van der Waals surface area (Å²) in [6.07, 6.45) is 4.48. The molecule has 2 heterocycles. The topological polar surface area (TPSA) is 59.0 Å². The molecule has 1 aliphatic heterocycles. The number of carbonyl (C=O) groups excluding carboxylic acids is 1. The van der Waals surface area contributed by atoms with E-state index in [4.69, 9.17) is 0 Å². The van der Waals surface area contributed by atoms with Gasteiger partial charge in [0.15, 0.2) is 5.69 Å². The Morgan fingerprint density at radius 2 is 2.15 bits per heavy atom. The zero-order chi connectivity index (χ0) is 17.4. The van der Waals surface area contributed by atoms with Crippen LogP contribution in [-0.4, -0.2) is 34.3 Å². The lowest BCUT2D eigenvalue weighted by molar-refractivity contribution is 0.0919. The van der Waals surface area contributed by atoms with Crippen LogP contribution in [0.15, 0.2) is 24.3 Å². The minimum absolute atomic E-state index is 0. The van der Waals surface area contributed by atoms with Crippen molar-refractivity contribution in [2.24, 2.45) is 0 Å². The average Bonchev–Trinajstić information content (AvgIpc) is 3.18. The highest BCUT2D eigenvalue weighted by Crippen LogP contribution is 2.28. The average molecular weight is 379 g/mol. The van der Waals surface area contributed by atoms with Crippen molar-refractivity contribution < 1.29 is 9.18 Å². The molecular formula is C19H24ClFN4O. The molecule has 0 saturated carbocycles. The third-order valence-corrected chi connectivity index (χ3v) is 5.18. The molecule has 2 N–H and O–H groups in total. The van der Waals surface area contributed by atoms with Gasteiger partial charge in [-0.15, -0.1) is 12.4 Å². The van der Waals surface area contributed by atoms with Crippen molar-refractivity contribution in [2.75, 3.05) is 6.54 Å². The molecule has 1 aromatic heterocycles. The van der Waals surface area contributed by atoms with Crippen molar-refractivity contribution in [1.82, 2.24) is 20.4 Å². The van der Waals surface area contributed by atoms with Crippen molar-refractivity contribution >= 4 is 18.3 Å². The quantitative estimate of drug-likeness (QED) is 0.863. The molecule has 4 rings (SSSR count). The van der Waals surface area contributed by atoms with Gasteiger partial charge in [-0.3, -0.25) is 4.79 Å². The number of benzene rings is 1. The second-order valence-corrected chi connectivity index (χ2v) is 7.04. The highest BCUT2D eigenvalue weighted by Gasteiger charge is 2.29. The minimum Gasteiger partial charge on any atom is -0.348 e. The monoisotopic (exact) mass is 378 g/mol. The first-order valence-corrected chi connectivity index (χ1v) is 9.03. The van der Waals surface area contributed by atoms with Crippen molar-refractivity contribution in [2.45, 2.75) is 51.1 Å². The summed E-state index contributed by atoms with van der Waals surface area (Å²) in [6, 6.07) is 7.15. The Labute approximate surface area is 158 Å². The van der Waals surface area contributed by atoms with Crippen molar-refractivity contribution in [3.05, 3.63) is 47.0 Å². The number of nitrogens with zero attached hydrogens (tertiary/aromatic N) is 2. The third kappa shape index (κ3) is 3.48. The summed E-state index contributed by atoms with van der Waals surface area (Å²) in [7, 11) is 0. The summed E-state index contributed by atoms with van der Waals surface area (Å²) in [5.41, 5.74) is 2.81. The lowest BCUT2D eigenvalue weighted by Crippen LogP contribution is -2.46. The molecule has 1 fully saturated rings. The van der Waals surface area contributed by atoms with Crippen LogP contribution in [0.4, 0.5) is 4.39 Å². The van der Waals surface area contributed by atoms with E-state index in [-0.39, 0.29) is 30.2 Å². The van der Waals surface area contributed by atoms with E-state index in [2.05, 4.69) is 22.7 Å². The number of amides is 1. The fourth-order valence-electron chi connectivity index (χ4n) is 3.96. The van der Waals surface area contributed by atoms with E-state index in [0.29, 0.717) is 17.4 Å². The Morgan fingerprint density at radius 1 is 1.35 bits per heavy atom. The zero-order valence-corrected chi connectivity index (χ0v) is 15.6. The Balaban J connectivity index is 0.00000196. The first-order valence-electron chi connectivity index (χ1n) is 9.03. The van der Waals surface area contributed by atoms with E-state index in [1.165, 1.54) is 6.07 Å². The summed E-state index contributed by atoms with van der Waals surface area (Å²) in [5.74, 6) is -0.453. The number of nitrogens with one attached hydrogen (secondary N) is 2. The van der Waals surface area contributed by atoms with Gasteiger partial charge in [-0.05, 0) is 57.7 Å². The first-order chi connectivity index (χ1) is 12.1. The molecule has 5 nitrogen and oxygen atoms in total. The Kier molecular flexibility index (Phi) is 5.63. The van der Waals surface area contributed by atoms with Gasteiger partial charge in [-0.2, -0.15) is 5.10 Å². The number of halogens is 2. The predicted octanol–water partition coefficient (Wildman–Crippen LogP) is 2.79. The normalized spacial score (nSPS) is 21.8. The third-order valence-electron chi connectivity index (χ3n) is 5.18. The molecule has 1 aliphatic carbocycles. The molecule has 2 unspecified atom stereocenters. The summed E-state index contributed by atoms with van der Waals surface area (Å²) in [6.45, 7) is 3.04. The fourth-order valence-corrected chi connectivity index (χ4v) is 3.96. The van der Waals surface area contributed by atoms with E-state index < -0.39 is 0 Å². The van der Waals surface area contributed by atoms with Crippen LogP contribution in [0.3, 0.4) is 0 Å². The molecule has 2 aliphatic rings. The smallest absolute Gasteiger partial charge is 0.272 e. The van der Waals surface area contributed by atoms with Crippen LogP contribution >= 0.6 is 12.4 Å². The summed E-state index contributed by atoms with van der Waals surface area (Å²) in [5, 5.41) is 11.0. The number of hydrogen-bond donors (Lipinski definition) is 2. The van der Waals surface area contributed by atoms with Gasteiger partial charge in [-0.1, -0.05) is 12.1 Å². The molecule has 1 amide bonds. The van der Waals surface area contributed by atoms with E-state index in [9.17, 15) is 9.18 Å². The maximum atomic E-state index is 14.2. The van der Waals surface area contributed by atoms with Crippen molar-refractivity contribution in [1.29, 1.82) is 0 Å². The van der Waals surface area contributed by atoms with Gasteiger partial charge in [0.25, 0.3) is 5.91 Å². The maximum Gasteiger partial charge on any atom is 0.272 e. The van der Waals surface area contributed by atoms with Gasteiger partial charge in [0.05, 0.1) is 0 Å². The summed E-state index contributed by atoms with van der Waals surface area (Å²) in [4.78, 5) is 12.8.